The lowest BCUT2D eigenvalue weighted by Crippen LogP contribution is -2.66. The lowest BCUT2D eigenvalue weighted by atomic mass is 9.95. The highest BCUT2D eigenvalue weighted by molar-refractivity contribution is 5.83. The van der Waals surface area contributed by atoms with Gasteiger partial charge in [-0.05, 0) is 44.9 Å². The van der Waals surface area contributed by atoms with Gasteiger partial charge in [-0.3, -0.25) is 19.2 Å². The summed E-state index contributed by atoms with van der Waals surface area (Å²) in [6.45, 7) is 9.64. The molecule has 1 rings (SSSR count). The topological polar surface area (TPSA) is 233 Å². The number of carboxylic acid groups (broad SMARTS) is 1. The molecule has 0 aromatic rings. The number of aliphatic carboxylic acids is 1. The van der Waals surface area contributed by atoms with Crippen LogP contribution in [0.4, 0.5) is 0 Å². The van der Waals surface area contributed by atoms with Gasteiger partial charge in [-0.15, -0.1) is 0 Å². The molecule has 16 nitrogen and oxygen atoms in total. The second-order valence-corrected chi connectivity index (χ2v) is 27.9. The van der Waals surface area contributed by atoms with Crippen LogP contribution in [0.25, 0.3) is 0 Å². The third-order valence-electron chi connectivity index (χ3n) is 18.9. The summed E-state index contributed by atoms with van der Waals surface area (Å²) in [7, 11) is 0. The summed E-state index contributed by atoms with van der Waals surface area (Å²) in [5.41, 5.74) is 0. The molecule has 2 unspecified atom stereocenters. The number of esters is 3. The van der Waals surface area contributed by atoms with E-state index in [0.29, 0.717) is 38.5 Å². The van der Waals surface area contributed by atoms with Crippen molar-refractivity contribution in [2.75, 3.05) is 13.2 Å². The SMILES string of the molecule is CCCCCCCCCCCCCC(=O)N[C@@H](CO[C@@H]1O[C@H](CO)[C@@H](O)[C@H](OC(=O)C(CCCCCCCCCCC)OC(=O)CCCCCCCCCCCCC)[C@H]1NC(=O)CC(CCCCCCCCCCC)OC(=O)CCCCCCCCCCCCC)C(=O)O. The first-order valence-corrected chi connectivity index (χ1v) is 39.8. The zero-order valence-electron chi connectivity index (χ0n) is 61.2. The summed E-state index contributed by atoms with van der Waals surface area (Å²) >= 11 is 0. The Morgan fingerprint density at radius 1 is 0.426 bits per heavy atom. The third kappa shape index (κ3) is 50.1. The van der Waals surface area contributed by atoms with Gasteiger partial charge < -0.3 is 49.6 Å². The predicted octanol–water partition coefficient (Wildman–Crippen LogP) is 19.2. The van der Waals surface area contributed by atoms with E-state index in [9.17, 15) is 44.1 Å². The lowest BCUT2D eigenvalue weighted by Gasteiger charge is -2.44. The zero-order valence-corrected chi connectivity index (χ0v) is 61.2. The fourth-order valence-electron chi connectivity index (χ4n) is 12.8. The van der Waals surface area contributed by atoms with Gasteiger partial charge in [0.25, 0.3) is 0 Å². The highest BCUT2D eigenvalue weighted by Crippen LogP contribution is 2.28. The highest BCUT2D eigenvalue weighted by Gasteiger charge is 2.50. The number of carbonyl (C=O) groups is 6. The van der Waals surface area contributed by atoms with Gasteiger partial charge in [0, 0.05) is 19.3 Å². The van der Waals surface area contributed by atoms with Crippen molar-refractivity contribution in [2.45, 2.75) is 449 Å². The van der Waals surface area contributed by atoms with Crippen LogP contribution in [0.2, 0.25) is 0 Å². The molecule has 16 heteroatoms. The van der Waals surface area contributed by atoms with Crippen molar-refractivity contribution in [2.24, 2.45) is 0 Å². The van der Waals surface area contributed by atoms with Crippen LogP contribution in [-0.2, 0) is 52.5 Å². The second kappa shape index (κ2) is 64.3. The Balaban J connectivity index is 3.49. The van der Waals surface area contributed by atoms with Crippen LogP contribution >= 0.6 is 0 Å². The molecular weight excluding hydrogens is 1190 g/mol. The van der Waals surface area contributed by atoms with Gasteiger partial charge in [0.2, 0.25) is 11.8 Å². The number of nitrogens with one attached hydrogen (secondary N) is 2. The van der Waals surface area contributed by atoms with Crippen molar-refractivity contribution in [3.8, 4) is 0 Å². The van der Waals surface area contributed by atoms with Crippen molar-refractivity contribution in [3.05, 3.63) is 0 Å². The first-order valence-electron chi connectivity index (χ1n) is 39.8. The van der Waals surface area contributed by atoms with E-state index >= 15 is 0 Å². The number of carbonyl (C=O) groups excluding carboxylic acids is 5. The van der Waals surface area contributed by atoms with Crippen LogP contribution in [0, 0.1) is 0 Å². The molecule has 0 aliphatic carbocycles. The van der Waals surface area contributed by atoms with Crippen LogP contribution in [-0.4, -0.2) is 113 Å². The van der Waals surface area contributed by atoms with Gasteiger partial charge in [-0.2, -0.15) is 0 Å². The van der Waals surface area contributed by atoms with Gasteiger partial charge >= 0.3 is 23.9 Å². The number of hydrogen-bond acceptors (Lipinski definition) is 13. The van der Waals surface area contributed by atoms with E-state index in [1.165, 1.54) is 173 Å². The number of amides is 2. The molecule has 0 radical (unpaired) electrons. The molecule has 1 fully saturated rings. The maximum Gasteiger partial charge on any atom is 0.347 e. The van der Waals surface area contributed by atoms with Crippen molar-refractivity contribution in [3.63, 3.8) is 0 Å². The molecule has 1 heterocycles. The minimum atomic E-state index is -1.75. The van der Waals surface area contributed by atoms with Crippen molar-refractivity contribution in [1.29, 1.82) is 0 Å². The number of carboxylic acids is 1. The molecule has 552 valence electrons. The quantitative estimate of drug-likeness (QED) is 0.0217. The summed E-state index contributed by atoms with van der Waals surface area (Å²) in [5.74, 6) is -4.37. The van der Waals surface area contributed by atoms with Gasteiger partial charge in [-0.25, -0.2) is 9.59 Å². The fraction of sp³-hybridized carbons (Fsp3) is 0.923. The molecule has 0 spiro atoms. The molecule has 1 aliphatic rings. The molecule has 0 saturated carbocycles. The van der Waals surface area contributed by atoms with E-state index in [1.807, 2.05) is 0 Å². The standard InChI is InChI=1S/C78H146N2O14/c1-6-11-16-21-26-31-34-39-44-49-54-59-69(82)79-66(76(87)88)64-90-78-73(80-70(83)62-65(57-52-47-42-37-29-24-19-14-9-4)91-71(84)60-55-50-45-40-35-32-27-22-17-12-7-2)75(74(86)68(63-81)93-78)94-77(89)67(58-53-48-43-38-30-25-20-15-10-5)92-72(85)61-56-51-46-41-36-33-28-23-18-13-8-3/h65-68,73-75,78,81,86H,6-64H2,1-5H3,(H,79,82)(H,80,83)(H,87,88)/t65?,66-,67?,68+,73+,74+,75+,78+/m0/s1. The molecule has 0 aromatic heterocycles. The summed E-state index contributed by atoms with van der Waals surface area (Å²) in [4.78, 5) is 82.5. The second-order valence-electron chi connectivity index (χ2n) is 27.9. The van der Waals surface area contributed by atoms with E-state index < -0.39 is 91.8 Å². The van der Waals surface area contributed by atoms with Crippen LogP contribution in [0.15, 0.2) is 0 Å². The van der Waals surface area contributed by atoms with Crippen molar-refractivity contribution < 1.29 is 67.8 Å². The maximum atomic E-state index is 14.7. The van der Waals surface area contributed by atoms with Gasteiger partial charge in [0.05, 0.1) is 19.6 Å². The molecule has 8 atom stereocenters. The first-order chi connectivity index (χ1) is 45.8. The Morgan fingerprint density at radius 3 is 1.14 bits per heavy atom. The lowest BCUT2D eigenvalue weighted by molar-refractivity contribution is -0.276. The monoisotopic (exact) mass is 1340 g/mol. The molecule has 94 heavy (non-hydrogen) atoms. The van der Waals surface area contributed by atoms with E-state index in [4.69, 9.17) is 23.7 Å². The number of unbranched alkanes of at least 4 members (excludes halogenated alkanes) is 46. The molecular formula is C78H146N2O14. The molecule has 0 bridgehead atoms. The Bertz CT molecular complexity index is 1800. The van der Waals surface area contributed by atoms with Gasteiger partial charge in [0.15, 0.2) is 24.5 Å². The number of hydrogen-bond donors (Lipinski definition) is 5. The normalized spacial score (nSPS) is 17.3. The van der Waals surface area contributed by atoms with Crippen molar-refractivity contribution >= 4 is 35.7 Å². The molecule has 1 saturated heterocycles. The number of aliphatic hydroxyl groups excluding tert-OH is 2. The Morgan fingerprint density at radius 2 is 0.766 bits per heavy atom. The smallest absolute Gasteiger partial charge is 0.347 e. The molecule has 2 amide bonds. The molecule has 5 N–H and O–H groups in total. The Hall–Kier alpha value is -3.34. The first kappa shape index (κ1) is 88.7. The molecule has 0 aromatic carbocycles. The average molecular weight is 1340 g/mol. The van der Waals surface area contributed by atoms with Crippen LogP contribution < -0.4 is 10.6 Å². The van der Waals surface area contributed by atoms with E-state index in [-0.39, 0.29) is 38.1 Å². The summed E-state index contributed by atoms with van der Waals surface area (Å²) in [6, 6.07) is -3.07. The number of ether oxygens (including phenoxy) is 5. The van der Waals surface area contributed by atoms with Crippen LogP contribution in [0.3, 0.4) is 0 Å². The predicted molar refractivity (Wildman–Crippen MR) is 380 cm³/mol. The highest BCUT2D eigenvalue weighted by atomic mass is 16.7. The molecule has 1 aliphatic heterocycles. The van der Waals surface area contributed by atoms with E-state index in [2.05, 4.69) is 45.3 Å². The minimum Gasteiger partial charge on any atom is -0.480 e. The van der Waals surface area contributed by atoms with Crippen LogP contribution in [0.5, 0.6) is 0 Å². The van der Waals surface area contributed by atoms with E-state index in [1.54, 1.807) is 0 Å². The van der Waals surface area contributed by atoms with E-state index in [0.717, 1.165) is 122 Å². The zero-order chi connectivity index (χ0) is 68.8. The minimum absolute atomic E-state index is 0.115. The Kier molecular flexibility index (Phi) is 60.7. The average Bonchev–Trinajstić information content (AvgIpc) is 0.855. The summed E-state index contributed by atoms with van der Waals surface area (Å²) in [6.07, 6.45) is 47.8. The largest absolute Gasteiger partial charge is 0.480 e. The van der Waals surface area contributed by atoms with Crippen LogP contribution in [0.1, 0.15) is 401 Å². The fourth-order valence-corrected chi connectivity index (χ4v) is 12.8. The summed E-state index contributed by atoms with van der Waals surface area (Å²) < 4.78 is 30.6. The number of aliphatic hydroxyl groups is 2. The summed E-state index contributed by atoms with van der Waals surface area (Å²) in [5, 5.41) is 38.5. The Labute approximate surface area is 574 Å². The third-order valence-corrected chi connectivity index (χ3v) is 18.9. The number of rotatable bonds is 69. The van der Waals surface area contributed by atoms with Gasteiger partial charge in [-0.1, -0.05) is 330 Å². The van der Waals surface area contributed by atoms with Crippen molar-refractivity contribution in [1.82, 2.24) is 10.6 Å². The van der Waals surface area contributed by atoms with Gasteiger partial charge in [0.1, 0.15) is 24.4 Å². The maximum absolute atomic E-state index is 14.7.